The molecule has 0 aliphatic carbocycles. The Labute approximate surface area is 132 Å². The van der Waals surface area contributed by atoms with Gasteiger partial charge in [0.05, 0.1) is 18.2 Å². The molecule has 0 spiro atoms. The van der Waals surface area contributed by atoms with Crippen LogP contribution >= 0.6 is 27.5 Å². The summed E-state index contributed by atoms with van der Waals surface area (Å²) in [4.78, 5) is 11.9. The first-order valence-corrected chi connectivity index (χ1v) is 7.03. The molecule has 0 radical (unpaired) electrons. The second kappa shape index (κ2) is 5.42. The molecular weight excluding hydrogens is 360 g/mol. The smallest absolute Gasteiger partial charge is 0.359 e. The van der Waals surface area contributed by atoms with Gasteiger partial charge in [0, 0.05) is 4.47 Å². The summed E-state index contributed by atoms with van der Waals surface area (Å²) in [7, 11) is 1.29. The highest BCUT2D eigenvalue weighted by molar-refractivity contribution is 9.10. The number of aromatic nitrogens is 4. The molecule has 106 valence electrons. The van der Waals surface area contributed by atoms with E-state index in [1.165, 1.54) is 17.9 Å². The minimum Gasteiger partial charge on any atom is -0.464 e. The van der Waals surface area contributed by atoms with Crippen molar-refractivity contribution in [1.29, 1.82) is 0 Å². The van der Waals surface area contributed by atoms with E-state index in [4.69, 9.17) is 16.3 Å². The van der Waals surface area contributed by atoms with Crippen molar-refractivity contribution in [1.82, 2.24) is 20.0 Å². The van der Waals surface area contributed by atoms with Crippen LogP contribution in [0.3, 0.4) is 0 Å². The Morgan fingerprint density at radius 2 is 2.14 bits per heavy atom. The number of rotatable bonds is 2. The van der Waals surface area contributed by atoms with Crippen LogP contribution in [0.2, 0.25) is 5.15 Å². The summed E-state index contributed by atoms with van der Waals surface area (Å²) < 4.78 is 7.15. The molecule has 0 unspecified atom stereocenters. The third-order valence-corrected chi connectivity index (χ3v) is 3.51. The summed E-state index contributed by atoms with van der Waals surface area (Å²) in [5.74, 6) is -0.558. The van der Waals surface area contributed by atoms with Gasteiger partial charge in [0.15, 0.2) is 16.5 Å². The zero-order chi connectivity index (χ0) is 15.0. The quantitative estimate of drug-likeness (QED) is 0.651. The number of carbonyl (C=O) groups is 1. The normalized spacial score (nSPS) is 10.8. The highest BCUT2D eigenvalue weighted by Gasteiger charge is 2.20. The van der Waals surface area contributed by atoms with Crippen LogP contribution in [0.5, 0.6) is 0 Å². The van der Waals surface area contributed by atoms with Crippen molar-refractivity contribution in [3.8, 4) is 5.69 Å². The van der Waals surface area contributed by atoms with Crippen LogP contribution in [0.1, 0.15) is 10.5 Å². The molecule has 21 heavy (non-hydrogen) atoms. The summed E-state index contributed by atoms with van der Waals surface area (Å²) in [5, 5.41) is 12.8. The Kier molecular flexibility index (Phi) is 3.60. The molecule has 2 heterocycles. The SMILES string of the molecule is COC(=O)c1nn(-c2cccc(Br)c2)c2nnc(Cl)cc12. The molecular formula is C13H8BrClN4O2. The van der Waals surface area contributed by atoms with Crippen molar-refractivity contribution >= 4 is 44.5 Å². The van der Waals surface area contributed by atoms with Crippen molar-refractivity contribution in [2.24, 2.45) is 0 Å². The fraction of sp³-hybridized carbons (Fsp3) is 0.0769. The van der Waals surface area contributed by atoms with Gasteiger partial charge < -0.3 is 4.74 Å². The van der Waals surface area contributed by atoms with Gasteiger partial charge in [0.1, 0.15) is 0 Å². The predicted molar refractivity (Wildman–Crippen MR) is 80.7 cm³/mol. The molecule has 0 N–H and O–H groups in total. The highest BCUT2D eigenvalue weighted by Crippen LogP contribution is 2.24. The molecule has 0 fully saturated rings. The van der Waals surface area contributed by atoms with E-state index in [1.807, 2.05) is 24.3 Å². The van der Waals surface area contributed by atoms with Crippen LogP contribution in [0.4, 0.5) is 0 Å². The summed E-state index contributed by atoms with van der Waals surface area (Å²) in [6.07, 6.45) is 0. The first kappa shape index (κ1) is 14.0. The standard InChI is InChI=1S/C13H8BrClN4O2/c1-21-13(20)11-9-6-10(15)16-17-12(9)19(18-11)8-4-2-3-7(14)5-8/h2-6H,1H3. The third-order valence-electron chi connectivity index (χ3n) is 2.83. The second-order valence-corrected chi connectivity index (χ2v) is 5.44. The molecule has 3 aromatic rings. The number of benzene rings is 1. The molecule has 3 rings (SSSR count). The van der Waals surface area contributed by atoms with Gasteiger partial charge in [-0.25, -0.2) is 9.48 Å². The molecule has 8 heteroatoms. The Hall–Kier alpha value is -1.99. The monoisotopic (exact) mass is 366 g/mol. The maximum atomic E-state index is 11.9. The zero-order valence-electron chi connectivity index (χ0n) is 10.7. The zero-order valence-corrected chi connectivity index (χ0v) is 13.1. The first-order valence-electron chi connectivity index (χ1n) is 5.86. The summed E-state index contributed by atoms with van der Waals surface area (Å²) in [6.45, 7) is 0. The molecule has 0 bridgehead atoms. The Bertz CT molecular complexity index is 849. The maximum Gasteiger partial charge on any atom is 0.359 e. The van der Waals surface area contributed by atoms with E-state index < -0.39 is 5.97 Å². The van der Waals surface area contributed by atoms with Crippen molar-refractivity contribution in [2.75, 3.05) is 7.11 Å². The molecule has 0 amide bonds. The van der Waals surface area contributed by atoms with Gasteiger partial charge in [0.2, 0.25) is 0 Å². The first-order chi connectivity index (χ1) is 10.1. The summed E-state index contributed by atoms with van der Waals surface area (Å²) in [6, 6.07) is 8.98. The lowest BCUT2D eigenvalue weighted by Gasteiger charge is -2.02. The number of carbonyl (C=O) groups excluding carboxylic acids is 1. The fourth-order valence-corrected chi connectivity index (χ4v) is 2.46. The van der Waals surface area contributed by atoms with Gasteiger partial charge in [-0.15, -0.1) is 10.2 Å². The summed E-state index contributed by atoms with van der Waals surface area (Å²) in [5.41, 5.74) is 1.31. The van der Waals surface area contributed by atoms with Gasteiger partial charge in [-0.05, 0) is 24.3 Å². The lowest BCUT2D eigenvalue weighted by molar-refractivity contribution is 0.0595. The Morgan fingerprint density at radius 3 is 2.86 bits per heavy atom. The van der Waals surface area contributed by atoms with Gasteiger partial charge >= 0.3 is 5.97 Å². The van der Waals surface area contributed by atoms with E-state index >= 15 is 0 Å². The number of methoxy groups -OCH3 is 1. The lowest BCUT2D eigenvalue weighted by atomic mass is 10.3. The van der Waals surface area contributed by atoms with Crippen LogP contribution in [-0.2, 0) is 4.74 Å². The molecule has 0 saturated carbocycles. The van der Waals surface area contributed by atoms with Crippen LogP contribution in [-0.4, -0.2) is 33.1 Å². The molecule has 0 aliphatic heterocycles. The molecule has 0 atom stereocenters. The van der Waals surface area contributed by atoms with Gasteiger partial charge in [-0.3, -0.25) is 0 Å². The topological polar surface area (TPSA) is 69.9 Å². The average Bonchev–Trinajstić information content (AvgIpc) is 2.85. The Morgan fingerprint density at radius 1 is 1.33 bits per heavy atom. The van der Waals surface area contributed by atoms with Gasteiger partial charge in [-0.2, -0.15) is 5.10 Å². The van der Waals surface area contributed by atoms with E-state index in [0.717, 1.165) is 10.2 Å². The molecule has 2 aromatic heterocycles. The number of halogens is 2. The number of hydrogen-bond acceptors (Lipinski definition) is 5. The minimum atomic E-state index is -0.558. The number of nitrogens with zero attached hydrogens (tertiary/aromatic N) is 4. The minimum absolute atomic E-state index is 0.143. The predicted octanol–water partition coefficient (Wildman–Crippen LogP) is 3.02. The van der Waals surface area contributed by atoms with Crippen molar-refractivity contribution in [3.63, 3.8) is 0 Å². The second-order valence-electron chi connectivity index (χ2n) is 4.14. The fourth-order valence-electron chi connectivity index (χ4n) is 1.93. The van der Waals surface area contributed by atoms with Crippen LogP contribution < -0.4 is 0 Å². The summed E-state index contributed by atoms with van der Waals surface area (Å²) >= 11 is 9.24. The van der Waals surface area contributed by atoms with E-state index in [1.54, 1.807) is 0 Å². The molecule has 0 aliphatic rings. The Balaban J connectivity index is 2.31. The van der Waals surface area contributed by atoms with Crippen molar-refractivity contribution in [2.45, 2.75) is 0 Å². The number of esters is 1. The van der Waals surface area contributed by atoms with Crippen LogP contribution in [0.25, 0.3) is 16.7 Å². The largest absolute Gasteiger partial charge is 0.464 e. The lowest BCUT2D eigenvalue weighted by Crippen LogP contribution is -2.04. The number of hydrogen-bond donors (Lipinski definition) is 0. The van der Waals surface area contributed by atoms with Gasteiger partial charge in [0.25, 0.3) is 0 Å². The number of ether oxygens (including phenoxy) is 1. The average molecular weight is 368 g/mol. The molecule has 6 nitrogen and oxygen atoms in total. The van der Waals surface area contributed by atoms with E-state index in [9.17, 15) is 4.79 Å². The van der Waals surface area contributed by atoms with Crippen molar-refractivity contribution in [3.05, 3.63) is 45.7 Å². The van der Waals surface area contributed by atoms with E-state index in [-0.39, 0.29) is 10.8 Å². The molecule has 1 aromatic carbocycles. The number of fused-ring (bicyclic) bond motifs is 1. The maximum absolute atomic E-state index is 11.9. The van der Waals surface area contributed by atoms with Crippen LogP contribution in [0.15, 0.2) is 34.8 Å². The van der Waals surface area contributed by atoms with Crippen molar-refractivity contribution < 1.29 is 9.53 Å². The van der Waals surface area contributed by atoms with Gasteiger partial charge in [-0.1, -0.05) is 33.6 Å². The van der Waals surface area contributed by atoms with E-state index in [0.29, 0.717) is 11.0 Å². The van der Waals surface area contributed by atoms with Crippen LogP contribution in [0, 0.1) is 0 Å². The molecule has 0 saturated heterocycles. The highest BCUT2D eigenvalue weighted by atomic mass is 79.9. The third kappa shape index (κ3) is 2.50. The van der Waals surface area contributed by atoms with E-state index in [2.05, 4.69) is 31.2 Å².